The van der Waals surface area contributed by atoms with Gasteiger partial charge in [-0.15, -0.1) is 0 Å². The van der Waals surface area contributed by atoms with E-state index in [-0.39, 0.29) is 0 Å². The highest BCUT2D eigenvalue weighted by atomic mass is 32.2. The van der Waals surface area contributed by atoms with Crippen LogP contribution >= 0.6 is 23.5 Å². The summed E-state index contributed by atoms with van der Waals surface area (Å²) in [6, 6.07) is 0. The van der Waals surface area contributed by atoms with Crippen LogP contribution in [0.25, 0.3) is 0 Å². The number of rotatable bonds is 1. The fourth-order valence-corrected chi connectivity index (χ4v) is 3.37. The van der Waals surface area contributed by atoms with E-state index < -0.39 is 0 Å². The van der Waals surface area contributed by atoms with Gasteiger partial charge in [-0.25, -0.2) is 0 Å². The predicted molar refractivity (Wildman–Crippen MR) is 43.8 cm³/mol. The molecule has 0 N–H and O–H groups in total. The molecule has 2 atom stereocenters. The van der Waals surface area contributed by atoms with E-state index >= 15 is 0 Å². The molecule has 0 aromatic heterocycles. The van der Waals surface area contributed by atoms with Crippen LogP contribution in [0.1, 0.15) is 13.3 Å². The van der Waals surface area contributed by atoms with Gasteiger partial charge in [-0.05, 0) is 12.7 Å². The Labute approximate surface area is 59.8 Å². The molecule has 8 heavy (non-hydrogen) atoms. The van der Waals surface area contributed by atoms with Gasteiger partial charge in [0.25, 0.3) is 0 Å². The van der Waals surface area contributed by atoms with Crippen molar-refractivity contribution in [3.05, 3.63) is 0 Å². The maximum Gasteiger partial charge on any atom is 0.0145 e. The van der Waals surface area contributed by atoms with Gasteiger partial charge in [-0.3, -0.25) is 0 Å². The lowest BCUT2D eigenvalue weighted by atomic mass is 10.3. The summed E-state index contributed by atoms with van der Waals surface area (Å²) >= 11 is 4.12. The zero-order valence-electron chi connectivity index (χ0n) is 5.39. The average molecular weight is 148 g/mol. The third-order valence-corrected chi connectivity index (χ3v) is 4.09. The third kappa shape index (κ3) is 1.59. The zero-order valence-corrected chi connectivity index (χ0v) is 7.02. The van der Waals surface area contributed by atoms with Crippen molar-refractivity contribution in [2.45, 2.75) is 23.8 Å². The van der Waals surface area contributed by atoms with Crippen molar-refractivity contribution in [2.75, 3.05) is 12.0 Å². The van der Waals surface area contributed by atoms with E-state index in [9.17, 15) is 0 Å². The molecule has 1 aliphatic heterocycles. The Balaban J connectivity index is 2.22. The van der Waals surface area contributed by atoms with Crippen molar-refractivity contribution in [2.24, 2.45) is 0 Å². The first kappa shape index (κ1) is 6.81. The SMILES string of the molecule is CSC1CSC(C)C1. The largest absolute Gasteiger partial charge is 0.161 e. The standard InChI is InChI=1S/C6H12S2/c1-5-3-6(7-2)4-8-5/h5-6H,3-4H2,1-2H3. The van der Waals surface area contributed by atoms with Crippen molar-refractivity contribution in [1.29, 1.82) is 0 Å². The molecule has 2 heteroatoms. The molecule has 0 nitrogen and oxygen atoms in total. The molecule has 0 bridgehead atoms. The quantitative estimate of drug-likeness (QED) is 0.559. The van der Waals surface area contributed by atoms with E-state index in [4.69, 9.17) is 0 Å². The normalized spacial score (nSPS) is 38.2. The monoisotopic (exact) mass is 148 g/mol. The second kappa shape index (κ2) is 3.02. The molecule has 0 saturated carbocycles. The third-order valence-electron chi connectivity index (χ3n) is 1.49. The van der Waals surface area contributed by atoms with E-state index in [2.05, 4.69) is 24.9 Å². The maximum absolute atomic E-state index is 2.32. The minimum atomic E-state index is 0.924. The summed E-state index contributed by atoms with van der Waals surface area (Å²) in [4.78, 5) is 0. The van der Waals surface area contributed by atoms with Gasteiger partial charge in [0.1, 0.15) is 0 Å². The van der Waals surface area contributed by atoms with Crippen molar-refractivity contribution < 1.29 is 0 Å². The van der Waals surface area contributed by atoms with Gasteiger partial charge in [-0.2, -0.15) is 23.5 Å². The summed E-state index contributed by atoms with van der Waals surface area (Å²) in [5.41, 5.74) is 0. The van der Waals surface area contributed by atoms with Crippen LogP contribution in [-0.4, -0.2) is 22.5 Å². The van der Waals surface area contributed by atoms with E-state index in [0.717, 1.165) is 10.5 Å². The summed E-state index contributed by atoms with van der Waals surface area (Å²) in [6.45, 7) is 2.32. The van der Waals surface area contributed by atoms with Crippen LogP contribution in [0.4, 0.5) is 0 Å². The first-order chi connectivity index (χ1) is 3.83. The molecule has 0 aliphatic carbocycles. The summed E-state index contributed by atoms with van der Waals surface area (Å²) in [7, 11) is 0. The molecule has 0 aromatic carbocycles. The molecule has 0 spiro atoms. The Morgan fingerprint density at radius 3 is 2.62 bits per heavy atom. The van der Waals surface area contributed by atoms with E-state index in [1.165, 1.54) is 12.2 Å². The predicted octanol–water partition coefficient (Wildman–Crippen LogP) is 2.24. The first-order valence-corrected chi connectivity index (χ1v) is 5.31. The van der Waals surface area contributed by atoms with Crippen LogP contribution in [0, 0.1) is 0 Å². The van der Waals surface area contributed by atoms with Gasteiger partial charge >= 0.3 is 0 Å². The Morgan fingerprint density at radius 1 is 1.62 bits per heavy atom. The number of thioether (sulfide) groups is 2. The zero-order chi connectivity index (χ0) is 5.98. The first-order valence-electron chi connectivity index (χ1n) is 2.97. The molecule has 0 amide bonds. The molecular weight excluding hydrogens is 136 g/mol. The van der Waals surface area contributed by atoms with E-state index in [0.29, 0.717) is 0 Å². The summed E-state index contributed by atoms with van der Waals surface area (Å²) in [5.74, 6) is 1.38. The summed E-state index contributed by atoms with van der Waals surface area (Å²) < 4.78 is 0. The lowest BCUT2D eigenvalue weighted by molar-refractivity contribution is 0.854. The molecule has 1 fully saturated rings. The smallest absolute Gasteiger partial charge is 0.0145 e. The van der Waals surface area contributed by atoms with Crippen molar-refractivity contribution in [1.82, 2.24) is 0 Å². The van der Waals surface area contributed by atoms with E-state index in [1.807, 2.05) is 11.8 Å². The molecule has 1 saturated heterocycles. The van der Waals surface area contributed by atoms with Gasteiger partial charge in [-0.1, -0.05) is 6.92 Å². The van der Waals surface area contributed by atoms with Crippen molar-refractivity contribution in [3.8, 4) is 0 Å². The second-order valence-electron chi connectivity index (χ2n) is 2.24. The summed E-state index contributed by atoms with van der Waals surface area (Å²) in [6.07, 6.45) is 3.63. The Kier molecular flexibility index (Phi) is 2.57. The lowest BCUT2D eigenvalue weighted by Gasteiger charge is -2.00. The molecule has 2 unspecified atom stereocenters. The van der Waals surface area contributed by atoms with Crippen LogP contribution in [0.15, 0.2) is 0 Å². The maximum atomic E-state index is 2.32. The van der Waals surface area contributed by atoms with Crippen molar-refractivity contribution >= 4 is 23.5 Å². The van der Waals surface area contributed by atoms with Gasteiger partial charge in [0.2, 0.25) is 0 Å². The van der Waals surface area contributed by atoms with Crippen LogP contribution in [0.2, 0.25) is 0 Å². The van der Waals surface area contributed by atoms with Crippen molar-refractivity contribution in [3.63, 3.8) is 0 Å². The van der Waals surface area contributed by atoms with Gasteiger partial charge < -0.3 is 0 Å². The minimum Gasteiger partial charge on any atom is -0.161 e. The fraction of sp³-hybridized carbons (Fsp3) is 1.00. The van der Waals surface area contributed by atoms with Gasteiger partial charge in [0.05, 0.1) is 0 Å². The Hall–Kier alpha value is 0.700. The highest BCUT2D eigenvalue weighted by Crippen LogP contribution is 2.32. The van der Waals surface area contributed by atoms with Crippen LogP contribution in [0.5, 0.6) is 0 Å². The molecule has 1 aliphatic rings. The molecule has 1 rings (SSSR count). The molecule has 48 valence electrons. The van der Waals surface area contributed by atoms with E-state index in [1.54, 1.807) is 0 Å². The van der Waals surface area contributed by atoms with Crippen LogP contribution in [-0.2, 0) is 0 Å². The molecular formula is C6H12S2. The highest BCUT2D eigenvalue weighted by Gasteiger charge is 2.19. The number of hydrogen-bond donors (Lipinski definition) is 0. The molecule has 0 aromatic rings. The minimum absolute atomic E-state index is 0.924. The Bertz CT molecular complexity index is 72.9. The second-order valence-corrected chi connectivity index (χ2v) is 4.85. The lowest BCUT2D eigenvalue weighted by Crippen LogP contribution is -1.98. The highest BCUT2D eigenvalue weighted by molar-refractivity contribution is 8.04. The summed E-state index contributed by atoms with van der Waals surface area (Å²) in [5, 5.41) is 1.88. The average Bonchev–Trinajstić information content (AvgIpc) is 2.14. The molecule has 0 radical (unpaired) electrons. The van der Waals surface area contributed by atoms with Gasteiger partial charge in [0, 0.05) is 16.3 Å². The topological polar surface area (TPSA) is 0 Å². The molecule has 1 heterocycles. The Morgan fingerprint density at radius 2 is 2.38 bits per heavy atom. The number of hydrogen-bond acceptors (Lipinski definition) is 2. The van der Waals surface area contributed by atoms with Crippen LogP contribution < -0.4 is 0 Å². The fourth-order valence-electron chi connectivity index (χ4n) is 0.942. The van der Waals surface area contributed by atoms with Gasteiger partial charge in [0.15, 0.2) is 0 Å². The van der Waals surface area contributed by atoms with Crippen LogP contribution in [0.3, 0.4) is 0 Å².